The van der Waals surface area contributed by atoms with E-state index in [9.17, 15) is 5.11 Å². The number of hydrogen-bond donors (Lipinski definition) is 2. The SMILES string of the molecule is Cc1ccc(CN2CCNCC2)c(Br)c1O. The predicted molar refractivity (Wildman–Crippen MR) is 68.7 cm³/mol. The lowest BCUT2D eigenvalue weighted by molar-refractivity contribution is 0.232. The fourth-order valence-electron chi connectivity index (χ4n) is 1.94. The molecule has 1 aromatic rings. The van der Waals surface area contributed by atoms with Crippen LogP contribution in [0.2, 0.25) is 0 Å². The molecule has 0 aliphatic carbocycles. The van der Waals surface area contributed by atoms with Gasteiger partial charge >= 0.3 is 0 Å². The zero-order valence-corrected chi connectivity index (χ0v) is 11.0. The molecular formula is C12H17BrN2O. The van der Waals surface area contributed by atoms with E-state index >= 15 is 0 Å². The number of halogens is 1. The number of aromatic hydroxyl groups is 1. The highest BCUT2D eigenvalue weighted by atomic mass is 79.9. The molecule has 0 atom stereocenters. The zero-order valence-electron chi connectivity index (χ0n) is 9.46. The van der Waals surface area contributed by atoms with Gasteiger partial charge in [0.15, 0.2) is 0 Å². The molecule has 1 heterocycles. The molecule has 88 valence electrons. The van der Waals surface area contributed by atoms with Gasteiger partial charge in [-0.25, -0.2) is 0 Å². The zero-order chi connectivity index (χ0) is 11.5. The number of piperazine rings is 1. The van der Waals surface area contributed by atoms with Gasteiger partial charge in [0, 0.05) is 32.7 Å². The van der Waals surface area contributed by atoms with Crippen LogP contribution in [0.3, 0.4) is 0 Å². The van der Waals surface area contributed by atoms with Crippen LogP contribution in [-0.4, -0.2) is 36.2 Å². The quantitative estimate of drug-likeness (QED) is 0.870. The Morgan fingerprint density at radius 1 is 1.38 bits per heavy atom. The number of nitrogens with zero attached hydrogens (tertiary/aromatic N) is 1. The molecule has 16 heavy (non-hydrogen) atoms. The second kappa shape index (κ2) is 5.17. The fraction of sp³-hybridized carbons (Fsp3) is 0.500. The molecule has 1 aromatic carbocycles. The normalized spacial score (nSPS) is 17.6. The highest BCUT2D eigenvalue weighted by Gasteiger charge is 2.13. The van der Waals surface area contributed by atoms with Crippen molar-refractivity contribution in [2.75, 3.05) is 26.2 Å². The van der Waals surface area contributed by atoms with Gasteiger partial charge in [0.1, 0.15) is 5.75 Å². The van der Waals surface area contributed by atoms with Gasteiger partial charge in [-0.2, -0.15) is 0 Å². The summed E-state index contributed by atoms with van der Waals surface area (Å²) < 4.78 is 0.839. The summed E-state index contributed by atoms with van der Waals surface area (Å²) in [6, 6.07) is 4.05. The number of hydrogen-bond acceptors (Lipinski definition) is 3. The van der Waals surface area contributed by atoms with Gasteiger partial charge in [0.05, 0.1) is 4.47 Å². The highest BCUT2D eigenvalue weighted by molar-refractivity contribution is 9.10. The van der Waals surface area contributed by atoms with Crippen LogP contribution >= 0.6 is 15.9 Å². The number of phenols is 1. The first-order chi connectivity index (χ1) is 7.68. The Morgan fingerprint density at radius 3 is 2.75 bits per heavy atom. The molecule has 0 radical (unpaired) electrons. The molecule has 0 aromatic heterocycles. The maximum Gasteiger partial charge on any atom is 0.132 e. The predicted octanol–water partition coefficient (Wildman–Crippen LogP) is 1.87. The summed E-state index contributed by atoms with van der Waals surface area (Å²) in [6.07, 6.45) is 0. The topological polar surface area (TPSA) is 35.5 Å². The minimum atomic E-state index is 0.368. The fourth-order valence-corrected chi connectivity index (χ4v) is 2.51. The standard InChI is InChI=1S/C12H17BrN2O/c1-9-2-3-10(11(13)12(9)16)8-15-6-4-14-5-7-15/h2-3,14,16H,4-8H2,1H3. The molecule has 1 saturated heterocycles. The molecule has 1 aliphatic rings. The van der Waals surface area contributed by atoms with E-state index in [4.69, 9.17) is 0 Å². The first kappa shape index (κ1) is 11.9. The van der Waals surface area contributed by atoms with Crippen LogP contribution in [0.15, 0.2) is 16.6 Å². The highest BCUT2D eigenvalue weighted by Crippen LogP contribution is 2.31. The maximum atomic E-state index is 9.84. The minimum Gasteiger partial charge on any atom is -0.506 e. The second-order valence-electron chi connectivity index (χ2n) is 4.23. The molecule has 4 heteroatoms. The van der Waals surface area contributed by atoms with Crippen molar-refractivity contribution in [1.82, 2.24) is 10.2 Å². The van der Waals surface area contributed by atoms with Gasteiger partial charge in [-0.3, -0.25) is 4.90 Å². The maximum absolute atomic E-state index is 9.84. The first-order valence-electron chi connectivity index (χ1n) is 5.58. The number of aryl methyl sites for hydroxylation is 1. The van der Waals surface area contributed by atoms with Crippen LogP contribution in [-0.2, 0) is 6.54 Å². The molecule has 0 bridgehead atoms. The summed E-state index contributed by atoms with van der Waals surface area (Å²) in [7, 11) is 0. The minimum absolute atomic E-state index is 0.368. The monoisotopic (exact) mass is 284 g/mol. The Balaban J connectivity index is 2.11. The molecule has 0 unspecified atom stereocenters. The van der Waals surface area contributed by atoms with Crippen molar-refractivity contribution < 1.29 is 5.11 Å². The third-order valence-electron chi connectivity index (χ3n) is 3.00. The molecule has 2 N–H and O–H groups in total. The van der Waals surface area contributed by atoms with Gasteiger partial charge in [-0.05, 0) is 34.0 Å². The molecule has 3 nitrogen and oxygen atoms in total. The Morgan fingerprint density at radius 2 is 2.06 bits per heavy atom. The summed E-state index contributed by atoms with van der Waals surface area (Å²) in [6.45, 7) is 7.05. The molecule has 0 saturated carbocycles. The lowest BCUT2D eigenvalue weighted by atomic mass is 10.1. The number of rotatable bonds is 2. The van der Waals surface area contributed by atoms with Gasteiger partial charge < -0.3 is 10.4 Å². The third kappa shape index (κ3) is 2.56. The Hall–Kier alpha value is -0.580. The first-order valence-corrected chi connectivity index (χ1v) is 6.38. The van der Waals surface area contributed by atoms with Crippen molar-refractivity contribution in [3.8, 4) is 5.75 Å². The lowest BCUT2D eigenvalue weighted by Crippen LogP contribution is -2.42. The van der Waals surface area contributed by atoms with E-state index in [2.05, 4.69) is 32.2 Å². The third-order valence-corrected chi connectivity index (χ3v) is 3.89. The Kier molecular flexibility index (Phi) is 3.84. The molecule has 0 amide bonds. The summed E-state index contributed by atoms with van der Waals surface area (Å²) in [5.74, 6) is 0.368. The average Bonchev–Trinajstić information content (AvgIpc) is 2.31. The van der Waals surface area contributed by atoms with Crippen molar-refractivity contribution in [1.29, 1.82) is 0 Å². The van der Waals surface area contributed by atoms with E-state index in [1.54, 1.807) is 0 Å². The van der Waals surface area contributed by atoms with Gasteiger partial charge in [0.2, 0.25) is 0 Å². The summed E-state index contributed by atoms with van der Waals surface area (Å²) in [5, 5.41) is 13.2. The van der Waals surface area contributed by atoms with E-state index in [1.165, 1.54) is 0 Å². The molecule has 0 spiro atoms. The van der Waals surface area contributed by atoms with Gasteiger partial charge in [0.25, 0.3) is 0 Å². The molecule has 1 aliphatic heterocycles. The second-order valence-corrected chi connectivity index (χ2v) is 5.02. The van der Waals surface area contributed by atoms with Crippen LogP contribution in [0.1, 0.15) is 11.1 Å². The Labute approximate surface area is 105 Å². The summed E-state index contributed by atoms with van der Waals surface area (Å²) in [5.41, 5.74) is 2.07. The van der Waals surface area contributed by atoms with E-state index in [1.807, 2.05) is 13.0 Å². The summed E-state index contributed by atoms with van der Waals surface area (Å²) >= 11 is 3.47. The van der Waals surface area contributed by atoms with E-state index in [0.717, 1.165) is 48.3 Å². The van der Waals surface area contributed by atoms with E-state index in [0.29, 0.717) is 5.75 Å². The van der Waals surface area contributed by atoms with Crippen LogP contribution in [0.5, 0.6) is 5.75 Å². The van der Waals surface area contributed by atoms with E-state index in [-0.39, 0.29) is 0 Å². The lowest BCUT2D eigenvalue weighted by Gasteiger charge is -2.27. The number of benzene rings is 1. The number of phenolic OH excluding ortho intramolecular Hbond substituents is 1. The van der Waals surface area contributed by atoms with Crippen molar-refractivity contribution in [2.45, 2.75) is 13.5 Å². The molecule has 2 rings (SSSR count). The van der Waals surface area contributed by atoms with Crippen LogP contribution in [0, 0.1) is 6.92 Å². The van der Waals surface area contributed by atoms with Crippen LogP contribution in [0.4, 0.5) is 0 Å². The Bertz CT molecular complexity index is 376. The van der Waals surface area contributed by atoms with Crippen molar-refractivity contribution >= 4 is 15.9 Å². The van der Waals surface area contributed by atoms with Crippen molar-refractivity contribution in [3.05, 3.63) is 27.7 Å². The van der Waals surface area contributed by atoms with Crippen LogP contribution in [0.25, 0.3) is 0 Å². The smallest absolute Gasteiger partial charge is 0.132 e. The molecular weight excluding hydrogens is 268 g/mol. The van der Waals surface area contributed by atoms with Gasteiger partial charge in [-0.15, -0.1) is 0 Å². The molecule has 1 fully saturated rings. The van der Waals surface area contributed by atoms with Gasteiger partial charge in [-0.1, -0.05) is 12.1 Å². The summed E-state index contributed by atoms with van der Waals surface area (Å²) in [4.78, 5) is 2.39. The van der Waals surface area contributed by atoms with E-state index < -0.39 is 0 Å². The average molecular weight is 285 g/mol. The largest absolute Gasteiger partial charge is 0.506 e. The number of nitrogens with one attached hydrogen (secondary N) is 1. The van der Waals surface area contributed by atoms with Crippen LogP contribution < -0.4 is 5.32 Å². The van der Waals surface area contributed by atoms with Crippen molar-refractivity contribution in [2.24, 2.45) is 0 Å². The van der Waals surface area contributed by atoms with Crippen molar-refractivity contribution in [3.63, 3.8) is 0 Å².